The Morgan fingerprint density at radius 3 is 2.35 bits per heavy atom. The number of rotatable bonds is 2. The van der Waals surface area contributed by atoms with Gasteiger partial charge in [0.25, 0.3) is 0 Å². The number of hydrogen-bond donors (Lipinski definition) is 1. The van der Waals surface area contributed by atoms with Crippen molar-refractivity contribution in [1.29, 1.82) is 0 Å². The first-order chi connectivity index (χ1) is 8.18. The van der Waals surface area contributed by atoms with Gasteiger partial charge in [0.2, 0.25) is 0 Å². The highest BCUT2D eigenvalue weighted by Gasteiger charge is 2.53. The van der Waals surface area contributed by atoms with Gasteiger partial charge in [0.05, 0.1) is 18.3 Å². The van der Waals surface area contributed by atoms with E-state index in [-0.39, 0.29) is 6.10 Å². The molecule has 0 amide bonds. The molecule has 1 saturated carbocycles. The van der Waals surface area contributed by atoms with E-state index in [0.29, 0.717) is 35.9 Å². The molecule has 3 aliphatic rings. The van der Waals surface area contributed by atoms with Crippen LogP contribution in [0.5, 0.6) is 0 Å². The van der Waals surface area contributed by atoms with Crippen molar-refractivity contribution in [1.82, 2.24) is 0 Å². The molecule has 2 heterocycles. The molecule has 0 aromatic carbocycles. The number of hydrogen-bond acceptors (Lipinski definition) is 2. The smallest absolute Gasteiger partial charge is 0.0661 e. The molecule has 1 N–H and O–H groups in total. The summed E-state index contributed by atoms with van der Waals surface area (Å²) in [4.78, 5) is 0. The molecule has 1 aliphatic carbocycles. The van der Waals surface area contributed by atoms with Gasteiger partial charge in [0.1, 0.15) is 0 Å². The van der Waals surface area contributed by atoms with E-state index in [0.717, 1.165) is 6.42 Å². The normalized spacial score (nSPS) is 48.5. The summed E-state index contributed by atoms with van der Waals surface area (Å²) in [6.45, 7) is 4.60. The number of aliphatic hydroxyl groups is 1. The molecule has 2 nitrogen and oxygen atoms in total. The number of ether oxygens (including phenoxy) is 1. The maximum absolute atomic E-state index is 10.6. The Hall–Kier alpha value is -0.0800. The van der Waals surface area contributed by atoms with E-state index in [1.165, 1.54) is 32.1 Å². The summed E-state index contributed by atoms with van der Waals surface area (Å²) in [5.74, 6) is 2.31. The largest absolute Gasteiger partial charge is 0.392 e. The van der Waals surface area contributed by atoms with Crippen LogP contribution in [0.1, 0.15) is 52.4 Å². The van der Waals surface area contributed by atoms with Gasteiger partial charge in [0.15, 0.2) is 0 Å². The summed E-state index contributed by atoms with van der Waals surface area (Å²) in [6.07, 6.45) is 8.24. The first-order valence-corrected chi connectivity index (χ1v) is 7.52. The second-order valence-electron chi connectivity index (χ2n) is 6.65. The molecule has 0 spiro atoms. The van der Waals surface area contributed by atoms with E-state index < -0.39 is 0 Å². The van der Waals surface area contributed by atoms with E-state index in [9.17, 15) is 5.11 Å². The lowest BCUT2D eigenvalue weighted by atomic mass is 9.70. The average Bonchev–Trinajstić information content (AvgIpc) is 2.91. The van der Waals surface area contributed by atoms with Gasteiger partial charge in [-0.25, -0.2) is 0 Å². The highest BCUT2D eigenvalue weighted by molar-refractivity contribution is 5.00. The zero-order chi connectivity index (χ0) is 12.0. The maximum atomic E-state index is 10.6. The Morgan fingerprint density at radius 1 is 1.06 bits per heavy atom. The summed E-state index contributed by atoms with van der Waals surface area (Å²) >= 11 is 0. The van der Waals surface area contributed by atoms with Crippen LogP contribution in [0.25, 0.3) is 0 Å². The third kappa shape index (κ3) is 1.94. The number of fused-ring (bicyclic) bond motifs is 2. The van der Waals surface area contributed by atoms with Crippen molar-refractivity contribution in [2.24, 2.45) is 23.7 Å². The molecule has 2 saturated heterocycles. The van der Waals surface area contributed by atoms with Crippen LogP contribution in [0.3, 0.4) is 0 Å². The summed E-state index contributed by atoms with van der Waals surface area (Å²) in [5, 5.41) is 10.6. The predicted molar refractivity (Wildman–Crippen MR) is 67.7 cm³/mol. The van der Waals surface area contributed by atoms with Gasteiger partial charge in [0, 0.05) is 5.92 Å². The van der Waals surface area contributed by atoms with Gasteiger partial charge in [-0.2, -0.15) is 0 Å². The van der Waals surface area contributed by atoms with Crippen LogP contribution < -0.4 is 0 Å². The Morgan fingerprint density at radius 2 is 1.76 bits per heavy atom. The minimum absolute atomic E-state index is 0.0970. The van der Waals surface area contributed by atoms with E-state index in [1.807, 2.05) is 0 Å². The molecule has 17 heavy (non-hydrogen) atoms. The third-order valence-corrected chi connectivity index (χ3v) is 5.76. The molecule has 6 unspecified atom stereocenters. The topological polar surface area (TPSA) is 29.5 Å². The zero-order valence-corrected chi connectivity index (χ0v) is 11.1. The van der Waals surface area contributed by atoms with Crippen LogP contribution in [0.2, 0.25) is 0 Å². The quantitative estimate of drug-likeness (QED) is 0.801. The second-order valence-corrected chi connectivity index (χ2v) is 6.65. The molecule has 0 radical (unpaired) electrons. The van der Waals surface area contributed by atoms with Crippen LogP contribution in [0.4, 0.5) is 0 Å². The third-order valence-electron chi connectivity index (χ3n) is 5.76. The molecule has 98 valence electrons. The Balaban J connectivity index is 1.65. The van der Waals surface area contributed by atoms with Crippen molar-refractivity contribution in [3.8, 4) is 0 Å². The van der Waals surface area contributed by atoms with Gasteiger partial charge >= 0.3 is 0 Å². The lowest BCUT2D eigenvalue weighted by Gasteiger charge is -2.36. The summed E-state index contributed by atoms with van der Waals surface area (Å²) in [7, 11) is 0. The van der Waals surface area contributed by atoms with Crippen LogP contribution in [0, 0.1) is 23.7 Å². The SMILES string of the molecule is CC1C2CC(C(O)C3CCCCC3)C(O2)C1C. The molecule has 3 rings (SSSR count). The summed E-state index contributed by atoms with van der Waals surface area (Å²) in [6, 6.07) is 0. The highest BCUT2D eigenvalue weighted by atomic mass is 16.5. The summed E-state index contributed by atoms with van der Waals surface area (Å²) < 4.78 is 6.06. The lowest BCUT2D eigenvalue weighted by Crippen LogP contribution is -2.40. The average molecular weight is 238 g/mol. The predicted octanol–water partition coefficient (Wildman–Crippen LogP) is 2.99. The van der Waals surface area contributed by atoms with E-state index in [1.54, 1.807) is 0 Å². The van der Waals surface area contributed by atoms with Crippen molar-refractivity contribution < 1.29 is 9.84 Å². The van der Waals surface area contributed by atoms with Gasteiger partial charge < -0.3 is 9.84 Å². The molecule has 0 aromatic heterocycles. The van der Waals surface area contributed by atoms with Crippen molar-refractivity contribution in [3.63, 3.8) is 0 Å². The Bertz CT molecular complexity index is 270. The van der Waals surface area contributed by atoms with E-state index >= 15 is 0 Å². The first-order valence-electron chi connectivity index (χ1n) is 7.52. The van der Waals surface area contributed by atoms with Crippen molar-refractivity contribution in [3.05, 3.63) is 0 Å². The monoisotopic (exact) mass is 238 g/mol. The molecule has 2 heteroatoms. The first kappa shape index (κ1) is 12.0. The van der Waals surface area contributed by atoms with E-state index in [2.05, 4.69) is 13.8 Å². The standard InChI is InChI=1S/C15H26O2/c1-9-10(2)15-12(8-13(9)17-15)14(16)11-6-4-3-5-7-11/h9-16H,3-8H2,1-2H3. The van der Waals surface area contributed by atoms with Gasteiger partial charge in [-0.15, -0.1) is 0 Å². The molecule has 2 bridgehead atoms. The molecule has 3 fully saturated rings. The van der Waals surface area contributed by atoms with Crippen molar-refractivity contribution >= 4 is 0 Å². The van der Waals surface area contributed by atoms with Crippen molar-refractivity contribution in [2.75, 3.05) is 0 Å². The van der Waals surface area contributed by atoms with Crippen LogP contribution >= 0.6 is 0 Å². The van der Waals surface area contributed by atoms with Gasteiger partial charge in [-0.3, -0.25) is 0 Å². The Kier molecular flexibility index (Phi) is 3.20. The van der Waals surface area contributed by atoms with Crippen LogP contribution in [-0.4, -0.2) is 23.4 Å². The van der Waals surface area contributed by atoms with E-state index in [4.69, 9.17) is 4.74 Å². The lowest BCUT2D eigenvalue weighted by molar-refractivity contribution is -0.0120. The van der Waals surface area contributed by atoms with Crippen LogP contribution in [-0.2, 0) is 4.74 Å². The van der Waals surface area contributed by atoms with Gasteiger partial charge in [-0.1, -0.05) is 33.1 Å². The molecular formula is C15H26O2. The maximum Gasteiger partial charge on any atom is 0.0661 e. The molecule has 0 aromatic rings. The van der Waals surface area contributed by atoms with Crippen LogP contribution in [0.15, 0.2) is 0 Å². The zero-order valence-electron chi connectivity index (χ0n) is 11.1. The second kappa shape index (κ2) is 4.55. The Labute approximate surface area is 105 Å². The number of aliphatic hydroxyl groups excluding tert-OH is 1. The molecule has 2 aliphatic heterocycles. The summed E-state index contributed by atoms with van der Waals surface area (Å²) in [5.41, 5.74) is 0. The van der Waals surface area contributed by atoms with Gasteiger partial charge in [-0.05, 0) is 37.0 Å². The minimum atomic E-state index is -0.0970. The fourth-order valence-electron chi connectivity index (χ4n) is 4.41. The highest BCUT2D eigenvalue weighted by Crippen LogP contribution is 2.49. The fourth-order valence-corrected chi connectivity index (χ4v) is 4.41. The molecule has 6 atom stereocenters. The van der Waals surface area contributed by atoms with Crippen molar-refractivity contribution in [2.45, 2.75) is 70.7 Å². The fraction of sp³-hybridized carbons (Fsp3) is 1.00. The minimum Gasteiger partial charge on any atom is -0.392 e. The molecular weight excluding hydrogens is 212 g/mol.